The summed E-state index contributed by atoms with van der Waals surface area (Å²) in [6.07, 6.45) is 3.09. The van der Waals surface area contributed by atoms with Gasteiger partial charge in [-0.05, 0) is 25.4 Å². The largest absolute Gasteiger partial charge is 0.490 e. The second-order valence-electron chi connectivity index (χ2n) is 4.39. The Morgan fingerprint density at radius 1 is 1.35 bits per heavy atom. The van der Waals surface area contributed by atoms with Crippen LogP contribution in [0.1, 0.15) is 13.8 Å². The molecule has 0 aromatic carbocycles. The first-order valence-corrected chi connectivity index (χ1v) is 5.81. The van der Waals surface area contributed by atoms with Gasteiger partial charge >= 0.3 is 0 Å². The third kappa shape index (κ3) is 3.80. The summed E-state index contributed by atoms with van der Waals surface area (Å²) in [5.74, 6) is 0.331. The van der Waals surface area contributed by atoms with Gasteiger partial charge in [0, 0.05) is 5.92 Å². The molecule has 1 aliphatic heterocycles. The maximum Gasteiger partial charge on any atom is 0.222 e. The maximum absolute atomic E-state index is 5.57. The van der Waals surface area contributed by atoms with Gasteiger partial charge in [-0.15, -0.1) is 0 Å². The molecule has 2 heterocycles. The molecule has 0 aliphatic carbocycles. The van der Waals surface area contributed by atoms with Crippen molar-refractivity contribution >= 4 is 11.6 Å². The Morgan fingerprint density at radius 3 is 2.53 bits per heavy atom. The number of aromatic nitrogens is 2. The van der Waals surface area contributed by atoms with Crippen molar-refractivity contribution in [2.75, 3.05) is 19.8 Å². The third-order valence-electron chi connectivity index (χ3n) is 2.42. The van der Waals surface area contributed by atoms with Crippen LogP contribution < -0.4 is 4.74 Å². The van der Waals surface area contributed by atoms with E-state index >= 15 is 0 Å². The van der Waals surface area contributed by atoms with E-state index in [1.54, 1.807) is 12.4 Å². The molecule has 17 heavy (non-hydrogen) atoms. The SMILES string of the molecule is CC1(C)OCC(COc2cnc(Cl)nc2)CO1. The van der Waals surface area contributed by atoms with Crippen molar-refractivity contribution in [2.24, 2.45) is 5.92 Å². The predicted octanol–water partition coefficient (Wildman–Crippen LogP) is 1.91. The minimum absolute atomic E-state index is 0.212. The van der Waals surface area contributed by atoms with Crippen LogP contribution in [0.4, 0.5) is 0 Å². The predicted molar refractivity (Wildman–Crippen MR) is 62.0 cm³/mol. The van der Waals surface area contributed by atoms with Gasteiger partial charge in [0.05, 0.1) is 32.2 Å². The standard InChI is InChI=1S/C11H15ClN2O3/c1-11(2)16-6-8(7-17-11)5-15-9-3-13-10(12)14-4-9/h3-4,8H,5-7H2,1-2H3. The number of nitrogens with zero attached hydrogens (tertiary/aromatic N) is 2. The molecule has 94 valence electrons. The van der Waals surface area contributed by atoms with Crippen LogP contribution in [0.15, 0.2) is 12.4 Å². The maximum atomic E-state index is 5.57. The fourth-order valence-corrected chi connectivity index (χ4v) is 1.51. The van der Waals surface area contributed by atoms with Crippen molar-refractivity contribution in [3.05, 3.63) is 17.7 Å². The van der Waals surface area contributed by atoms with E-state index < -0.39 is 5.79 Å². The van der Waals surface area contributed by atoms with Crippen LogP contribution in [-0.2, 0) is 9.47 Å². The van der Waals surface area contributed by atoms with Gasteiger partial charge in [-0.25, -0.2) is 9.97 Å². The second kappa shape index (κ2) is 5.16. The lowest BCUT2D eigenvalue weighted by molar-refractivity contribution is -0.264. The Bertz CT molecular complexity index is 359. The van der Waals surface area contributed by atoms with E-state index in [-0.39, 0.29) is 11.2 Å². The first-order chi connectivity index (χ1) is 8.05. The van der Waals surface area contributed by atoms with E-state index in [4.69, 9.17) is 25.8 Å². The van der Waals surface area contributed by atoms with Gasteiger partial charge in [-0.1, -0.05) is 0 Å². The van der Waals surface area contributed by atoms with Crippen LogP contribution in [0, 0.1) is 5.92 Å². The average molecular weight is 259 g/mol. The van der Waals surface area contributed by atoms with Crippen molar-refractivity contribution < 1.29 is 14.2 Å². The summed E-state index contributed by atoms with van der Waals surface area (Å²) in [5.41, 5.74) is 0. The Hall–Kier alpha value is -0.910. The van der Waals surface area contributed by atoms with Crippen LogP contribution >= 0.6 is 11.6 Å². The Balaban J connectivity index is 1.78. The fourth-order valence-electron chi connectivity index (χ4n) is 1.41. The van der Waals surface area contributed by atoms with E-state index in [9.17, 15) is 0 Å². The lowest BCUT2D eigenvalue weighted by Gasteiger charge is -2.34. The molecule has 2 rings (SSSR count). The summed E-state index contributed by atoms with van der Waals surface area (Å²) in [6.45, 7) is 5.57. The zero-order valence-electron chi connectivity index (χ0n) is 9.85. The highest BCUT2D eigenvalue weighted by Gasteiger charge is 2.28. The quantitative estimate of drug-likeness (QED) is 0.775. The molecule has 1 aromatic heterocycles. The van der Waals surface area contributed by atoms with E-state index in [1.165, 1.54) is 0 Å². The van der Waals surface area contributed by atoms with Gasteiger partial charge in [0.2, 0.25) is 5.28 Å². The van der Waals surface area contributed by atoms with Gasteiger partial charge in [0.1, 0.15) is 0 Å². The molecule has 6 heteroatoms. The highest BCUT2D eigenvalue weighted by molar-refractivity contribution is 6.28. The fraction of sp³-hybridized carbons (Fsp3) is 0.636. The lowest BCUT2D eigenvalue weighted by atomic mass is 10.1. The molecule has 1 saturated heterocycles. The molecule has 0 bridgehead atoms. The van der Waals surface area contributed by atoms with E-state index in [0.717, 1.165) is 0 Å². The molecule has 0 radical (unpaired) electrons. The molecule has 0 unspecified atom stereocenters. The lowest BCUT2D eigenvalue weighted by Crippen LogP contribution is -2.41. The molecule has 1 aliphatic rings. The molecule has 1 aromatic rings. The monoisotopic (exact) mass is 258 g/mol. The van der Waals surface area contributed by atoms with Gasteiger partial charge in [0.25, 0.3) is 0 Å². The van der Waals surface area contributed by atoms with Crippen molar-refractivity contribution in [1.82, 2.24) is 9.97 Å². The number of hydrogen-bond acceptors (Lipinski definition) is 5. The first-order valence-electron chi connectivity index (χ1n) is 5.43. The molecular formula is C11H15ClN2O3. The molecule has 0 N–H and O–H groups in total. The number of halogens is 1. The molecule has 0 spiro atoms. The van der Waals surface area contributed by atoms with Gasteiger partial charge < -0.3 is 14.2 Å². The molecule has 0 atom stereocenters. The van der Waals surface area contributed by atoms with Crippen LogP contribution in [0.2, 0.25) is 5.28 Å². The topological polar surface area (TPSA) is 53.5 Å². The normalized spacial score (nSPS) is 20.2. The van der Waals surface area contributed by atoms with Crippen molar-refractivity contribution in [3.63, 3.8) is 0 Å². The van der Waals surface area contributed by atoms with E-state index in [0.29, 0.717) is 25.6 Å². The van der Waals surface area contributed by atoms with Gasteiger partial charge in [0.15, 0.2) is 11.5 Å². The van der Waals surface area contributed by atoms with Crippen molar-refractivity contribution in [1.29, 1.82) is 0 Å². The summed E-state index contributed by atoms with van der Waals surface area (Å²) >= 11 is 5.57. The Labute approximate surface area is 105 Å². The molecule has 0 saturated carbocycles. The van der Waals surface area contributed by atoms with Crippen molar-refractivity contribution in [2.45, 2.75) is 19.6 Å². The van der Waals surface area contributed by atoms with Gasteiger partial charge in [-0.3, -0.25) is 0 Å². The minimum atomic E-state index is -0.486. The molecule has 0 amide bonds. The smallest absolute Gasteiger partial charge is 0.222 e. The van der Waals surface area contributed by atoms with E-state index in [2.05, 4.69) is 9.97 Å². The minimum Gasteiger partial charge on any atom is -0.490 e. The highest BCUT2D eigenvalue weighted by Crippen LogP contribution is 2.21. The Kier molecular flexibility index (Phi) is 3.81. The summed E-state index contributed by atoms with van der Waals surface area (Å²) in [4.78, 5) is 7.67. The Morgan fingerprint density at radius 2 is 1.94 bits per heavy atom. The average Bonchev–Trinajstić information content (AvgIpc) is 2.30. The second-order valence-corrected chi connectivity index (χ2v) is 4.72. The molecule has 1 fully saturated rings. The van der Waals surface area contributed by atoms with E-state index in [1.807, 2.05) is 13.8 Å². The van der Waals surface area contributed by atoms with Crippen LogP contribution in [0.3, 0.4) is 0 Å². The molecule has 5 nitrogen and oxygen atoms in total. The number of hydrogen-bond donors (Lipinski definition) is 0. The third-order valence-corrected chi connectivity index (χ3v) is 2.61. The highest BCUT2D eigenvalue weighted by atomic mass is 35.5. The zero-order valence-corrected chi connectivity index (χ0v) is 10.6. The summed E-state index contributed by atoms with van der Waals surface area (Å²) in [6, 6.07) is 0. The summed E-state index contributed by atoms with van der Waals surface area (Å²) in [5, 5.41) is 0.212. The zero-order chi connectivity index (χ0) is 12.3. The van der Waals surface area contributed by atoms with Crippen LogP contribution in [0.25, 0.3) is 0 Å². The number of rotatable bonds is 3. The molecular weight excluding hydrogens is 244 g/mol. The van der Waals surface area contributed by atoms with Crippen LogP contribution in [-0.4, -0.2) is 35.6 Å². The van der Waals surface area contributed by atoms with Gasteiger partial charge in [-0.2, -0.15) is 0 Å². The first kappa shape index (κ1) is 12.5. The van der Waals surface area contributed by atoms with Crippen LogP contribution in [0.5, 0.6) is 5.75 Å². The summed E-state index contributed by atoms with van der Waals surface area (Å²) < 4.78 is 16.6. The number of ether oxygens (including phenoxy) is 3. The summed E-state index contributed by atoms with van der Waals surface area (Å²) in [7, 11) is 0. The van der Waals surface area contributed by atoms with Crippen molar-refractivity contribution in [3.8, 4) is 5.75 Å².